The van der Waals surface area contributed by atoms with E-state index in [1.807, 2.05) is 24.3 Å². The van der Waals surface area contributed by atoms with Crippen LogP contribution in [0, 0.1) is 5.92 Å². The molecule has 1 aliphatic carbocycles. The highest BCUT2D eigenvalue weighted by Crippen LogP contribution is 2.41. The van der Waals surface area contributed by atoms with Gasteiger partial charge in [0, 0.05) is 11.1 Å². The Balaban J connectivity index is 0.000000845. The second-order valence-electron chi connectivity index (χ2n) is 3.38. The van der Waals surface area contributed by atoms with Crippen molar-refractivity contribution in [2.75, 3.05) is 0 Å². The van der Waals surface area contributed by atoms with Crippen molar-refractivity contribution in [3.05, 3.63) is 34.9 Å². The fourth-order valence-electron chi connectivity index (χ4n) is 1.45. The molecule has 1 aromatic carbocycles. The summed E-state index contributed by atoms with van der Waals surface area (Å²) in [5, 5.41) is 0.803. The number of nitrogens with two attached hydrogens (primary N) is 1. The largest absolute Gasteiger partial charge is 0.324 e. The molecule has 0 aromatic heterocycles. The zero-order valence-electron chi connectivity index (χ0n) is 7.24. The Hall–Kier alpha value is -0.240. The predicted octanol–water partition coefficient (Wildman–Crippen LogP) is 3.17. The van der Waals surface area contributed by atoms with Crippen LogP contribution in [0.2, 0.25) is 5.02 Å². The number of rotatable bonds is 2. The van der Waals surface area contributed by atoms with Gasteiger partial charge in [-0.25, -0.2) is 0 Å². The number of benzene rings is 1. The molecule has 0 unspecified atom stereocenters. The average Bonchev–Trinajstić information content (AvgIpc) is 2.86. The van der Waals surface area contributed by atoms with Gasteiger partial charge in [0.1, 0.15) is 0 Å². The molecule has 1 saturated carbocycles. The molecule has 0 aliphatic heterocycles. The van der Waals surface area contributed by atoms with Crippen LogP contribution in [0.25, 0.3) is 0 Å². The Kier molecular flexibility index (Phi) is 3.60. The van der Waals surface area contributed by atoms with Gasteiger partial charge in [0.05, 0.1) is 0 Å². The van der Waals surface area contributed by atoms with E-state index < -0.39 is 0 Å². The number of hydrogen-bond acceptors (Lipinski definition) is 1. The lowest BCUT2D eigenvalue weighted by Crippen LogP contribution is -2.12. The third kappa shape index (κ3) is 2.37. The summed E-state index contributed by atoms with van der Waals surface area (Å²) in [7, 11) is 0. The average molecular weight is 218 g/mol. The fourth-order valence-corrected chi connectivity index (χ4v) is 1.72. The van der Waals surface area contributed by atoms with Crippen molar-refractivity contribution < 1.29 is 0 Å². The summed E-state index contributed by atoms with van der Waals surface area (Å²) in [6.45, 7) is 0. The molecule has 1 atom stereocenters. The summed E-state index contributed by atoms with van der Waals surface area (Å²) in [5.74, 6) is 0.671. The van der Waals surface area contributed by atoms with Crippen molar-refractivity contribution in [3.63, 3.8) is 0 Å². The number of halogens is 2. The van der Waals surface area contributed by atoms with Crippen LogP contribution in [-0.4, -0.2) is 0 Å². The van der Waals surface area contributed by atoms with Gasteiger partial charge in [-0.15, -0.1) is 12.4 Å². The van der Waals surface area contributed by atoms with Gasteiger partial charge in [-0.2, -0.15) is 0 Å². The van der Waals surface area contributed by atoms with Gasteiger partial charge in [0.25, 0.3) is 0 Å². The fraction of sp³-hybridized carbons (Fsp3) is 0.400. The highest BCUT2D eigenvalue weighted by Gasteiger charge is 2.30. The number of hydrogen-bond donors (Lipinski definition) is 1. The van der Waals surface area contributed by atoms with Gasteiger partial charge in [-0.05, 0) is 30.4 Å². The maximum atomic E-state index is 6.02. The summed E-state index contributed by atoms with van der Waals surface area (Å²) in [4.78, 5) is 0. The Morgan fingerprint density at radius 1 is 1.31 bits per heavy atom. The Labute approximate surface area is 89.7 Å². The molecule has 2 N–H and O–H groups in total. The Morgan fingerprint density at radius 3 is 2.46 bits per heavy atom. The van der Waals surface area contributed by atoms with Crippen LogP contribution in [0.1, 0.15) is 24.4 Å². The first-order valence-electron chi connectivity index (χ1n) is 4.29. The van der Waals surface area contributed by atoms with Crippen LogP contribution in [0.4, 0.5) is 0 Å². The van der Waals surface area contributed by atoms with E-state index in [2.05, 4.69) is 0 Å². The molecule has 0 saturated heterocycles. The van der Waals surface area contributed by atoms with Gasteiger partial charge < -0.3 is 5.73 Å². The molecule has 0 spiro atoms. The first-order chi connectivity index (χ1) is 5.79. The predicted molar refractivity (Wildman–Crippen MR) is 58.4 cm³/mol. The molecule has 0 bridgehead atoms. The second-order valence-corrected chi connectivity index (χ2v) is 3.79. The van der Waals surface area contributed by atoms with Crippen molar-refractivity contribution >= 4 is 24.0 Å². The van der Waals surface area contributed by atoms with Crippen molar-refractivity contribution in [1.29, 1.82) is 0 Å². The highest BCUT2D eigenvalue weighted by atomic mass is 35.5. The maximum absolute atomic E-state index is 6.02. The van der Waals surface area contributed by atoms with Gasteiger partial charge in [0.2, 0.25) is 0 Å². The molecule has 2 rings (SSSR count). The molecule has 0 amide bonds. The van der Waals surface area contributed by atoms with Crippen LogP contribution >= 0.6 is 24.0 Å². The van der Waals surface area contributed by atoms with Crippen LogP contribution < -0.4 is 5.73 Å². The van der Waals surface area contributed by atoms with Crippen LogP contribution in [0.15, 0.2) is 24.3 Å². The quantitative estimate of drug-likeness (QED) is 0.810. The SMILES string of the molecule is Cl.N[C@H](c1ccccc1Cl)C1CC1. The summed E-state index contributed by atoms with van der Waals surface area (Å²) in [6, 6.07) is 8.00. The standard InChI is InChI=1S/C10H12ClN.ClH/c11-9-4-2-1-3-8(9)10(12)7-5-6-7;/h1-4,7,10H,5-6,12H2;1H/t10-;/m0./s1. The van der Waals surface area contributed by atoms with Gasteiger partial charge in [-0.1, -0.05) is 29.8 Å². The molecular formula is C10H13Cl2N. The molecular weight excluding hydrogens is 205 g/mol. The van der Waals surface area contributed by atoms with E-state index in [-0.39, 0.29) is 18.4 Å². The summed E-state index contributed by atoms with van der Waals surface area (Å²) in [6.07, 6.45) is 2.51. The molecule has 0 radical (unpaired) electrons. The van der Waals surface area contributed by atoms with E-state index in [0.29, 0.717) is 5.92 Å². The molecule has 1 nitrogen and oxygen atoms in total. The topological polar surface area (TPSA) is 26.0 Å². The molecule has 13 heavy (non-hydrogen) atoms. The van der Waals surface area contributed by atoms with Crippen LogP contribution in [0.5, 0.6) is 0 Å². The molecule has 1 fully saturated rings. The lowest BCUT2D eigenvalue weighted by molar-refractivity contribution is 0.634. The van der Waals surface area contributed by atoms with Crippen molar-refractivity contribution in [3.8, 4) is 0 Å². The second kappa shape index (κ2) is 4.32. The third-order valence-electron chi connectivity index (χ3n) is 2.39. The van der Waals surface area contributed by atoms with Crippen LogP contribution in [0.3, 0.4) is 0 Å². The van der Waals surface area contributed by atoms with Crippen molar-refractivity contribution in [2.45, 2.75) is 18.9 Å². The molecule has 1 aliphatic rings. The minimum Gasteiger partial charge on any atom is -0.324 e. The van der Waals surface area contributed by atoms with E-state index in [9.17, 15) is 0 Å². The first-order valence-corrected chi connectivity index (χ1v) is 4.67. The van der Waals surface area contributed by atoms with Gasteiger partial charge in [0.15, 0.2) is 0 Å². The van der Waals surface area contributed by atoms with E-state index in [0.717, 1.165) is 10.6 Å². The monoisotopic (exact) mass is 217 g/mol. The first kappa shape index (κ1) is 10.8. The zero-order chi connectivity index (χ0) is 8.55. The molecule has 3 heteroatoms. The van der Waals surface area contributed by atoms with E-state index in [1.165, 1.54) is 12.8 Å². The maximum Gasteiger partial charge on any atom is 0.0453 e. The molecule has 0 heterocycles. The lowest BCUT2D eigenvalue weighted by Gasteiger charge is -2.11. The highest BCUT2D eigenvalue weighted by molar-refractivity contribution is 6.31. The van der Waals surface area contributed by atoms with E-state index >= 15 is 0 Å². The van der Waals surface area contributed by atoms with Gasteiger partial charge in [-0.3, -0.25) is 0 Å². The van der Waals surface area contributed by atoms with Crippen molar-refractivity contribution in [2.24, 2.45) is 11.7 Å². The van der Waals surface area contributed by atoms with E-state index in [4.69, 9.17) is 17.3 Å². The lowest BCUT2D eigenvalue weighted by atomic mass is 10.0. The summed E-state index contributed by atoms with van der Waals surface area (Å²) < 4.78 is 0. The Bertz CT molecular complexity index is 284. The minimum atomic E-state index is 0. The third-order valence-corrected chi connectivity index (χ3v) is 2.74. The smallest absolute Gasteiger partial charge is 0.0453 e. The molecule has 1 aromatic rings. The minimum absolute atomic E-state index is 0. The van der Waals surface area contributed by atoms with Crippen LogP contribution in [-0.2, 0) is 0 Å². The van der Waals surface area contributed by atoms with Gasteiger partial charge >= 0.3 is 0 Å². The summed E-state index contributed by atoms with van der Waals surface area (Å²) in [5.41, 5.74) is 7.12. The van der Waals surface area contributed by atoms with Crippen molar-refractivity contribution in [1.82, 2.24) is 0 Å². The molecule has 72 valence electrons. The zero-order valence-corrected chi connectivity index (χ0v) is 8.81. The summed E-state index contributed by atoms with van der Waals surface area (Å²) >= 11 is 6.01. The normalized spacial score (nSPS) is 17.7. The van der Waals surface area contributed by atoms with E-state index in [1.54, 1.807) is 0 Å². The Morgan fingerprint density at radius 2 is 1.92 bits per heavy atom.